The molecule has 1 atom stereocenters. The third-order valence-corrected chi connectivity index (χ3v) is 8.52. The van der Waals surface area contributed by atoms with Crippen LogP contribution in [0.3, 0.4) is 0 Å². The molecule has 3 heterocycles. The van der Waals surface area contributed by atoms with Gasteiger partial charge in [0.2, 0.25) is 16.9 Å². The van der Waals surface area contributed by atoms with Crippen molar-refractivity contribution in [1.29, 1.82) is 0 Å². The number of thiazole rings is 1. The van der Waals surface area contributed by atoms with E-state index in [1.165, 1.54) is 30.6 Å². The van der Waals surface area contributed by atoms with Gasteiger partial charge in [-0.1, -0.05) is 68.2 Å². The maximum atomic E-state index is 15.3. The van der Waals surface area contributed by atoms with Crippen LogP contribution in [0, 0.1) is 17.0 Å². The van der Waals surface area contributed by atoms with E-state index < -0.39 is 5.13 Å². The summed E-state index contributed by atoms with van der Waals surface area (Å²) < 4.78 is 15.3. The Bertz CT molecular complexity index is 1300. The van der Waals surface area contributed by atoms with Gasteiger partial charge in [-0.2, -0.15) is 4.39 Å². The molecule has 6 nitrogen and oxygen atoms in total. The standard InChI is InChI=1S/C28H31FN4O2S/c1-4-18(13-17-9-5-6-10-17)27(35)33(3)28-31-24(25(29)36-28)22-12-8-7-11-21(22)20-14-19-15-23(34)32(2)26(19)30-16-20/h7-8,11-12,14,16-18H,4-6,9-10,13,15H2,1-3H3/t18-/m1/s1. The summed E-state index contributed by atoms with van der Waals surface area (Å²) in [5.74, 6) is 1.21. The third kappa shape index (κ3) is 4.54. The molecule has 36 heavy (non-hydrogen) atoms. The quantitative estimate of drug-likeness (QED) is 0.388. The summed E-state index contributed by atoms with van der Waals surface area (Å²) in [5.41, 5.74) is 3.30. The first-order valence-electron chi connectivity index (χ1n) is 12.7. The summed E-state index contributed by atoms with van der Waals surface area (Å²) >= 11 is 0.901. The molecule has 1 aromatic carbocycles. The van der Waals surface area contributed by atoms with Crippen LogP contribution in [0.5, 0.6) is 0 Å². The van der Waals surface area contributed by atoms with Crippen LogP contribution < -0.4 is 9.80 Å². The van der Waals surface area contributed by atoms with Crippen LogP contribution in [0.2, 0.25) is 0 Å². The maximum Gasteiger partial charge on any atom is 0.232 e. The molecule has 0 N–H and O–H groups in total. The first-order chi connectivity index (χ1) is 17.4. The lowest BCUT2D eigenvalue weighted by Gasteiger charge is -2.23. The molecule has 2 aliphatic rings. The Morgan fingerprint density at radius 3 is 2.69 bits per heavy atom. The van der Waals surface area contributed by atoms with Crippen molar-refractivity contribution in [3.05, 3.63) is 47.2 Å². The molecule has 3 aromatic rings. The summed E-state index contributed by atoms with van der Waals surface area (Å²) in [7, 11) is 3.42. The number of carbonyl (C=O) groups excluding carboxylic acids is 2. The van der Waals surface area contributed by atoms with Gasteiger partial charge in [0.1, 0.15) is 11.5 Å². The topological polar surface area (TPSA) is 66.4 Å². The van der Waals surface area contributed by atoms with Gasteiger partial charge in [-0.3, -0.25) is 19.4 Å². The van der Waals surface area contributed by atoms with Crippen LogP contribution in [-0.4, -0.2) is 35.9 Å². The van der Waals surface area contributed by atoms with Gasteiger partial charge in [0, 0.05) is 42.9 Å². The van der Waals surface area contributed by atoms with E-state index in [0.29, 0.717) is 28.9 Å². The number of carbonyl (C=O) groups is 2. The highest BCUT2D eigenvalue weighted by atomic mass is 32.1. The van der Waals surface area contributed by atoms with Crippen molar-refractivity contribution in [2.24, 2.45) is 11.8 Å². The zero-order valence-electron chi connectivity index (χ0n) is 21.0. The van der Waals surface area contributed by atoms with Gasteiger partial charge in [-0.25, -0.2) is 9.97 Å². The molecule has 1 aliphatic carbocycles. The van der Waals surface area contributed by atoms with Crippen LogP contribution >= 0.6 is 11.3 Å². The van der Waals surface area contributed by atoms with Gasteiger partial charge in [0.15, 0.2) is 5.13 Å². The largest absolute Gasteiger partial charge is 0.299 e. The van der Waals surface area contributed by atoms with Crippen molar-refractivity contribution in [2.45, 2.75) is 51.9 Å². The number of benzene rings is 1. The smallest absolute Gasteiger partial charge is 0.232 e. The number of aromatic nitrogens is 2. The second-order valence-corrected chi connectivity index (χ2v) is 10.8. The van der Waals surface area contributed by atoms with Crippen LogP contribution in [-0.2, 0) is 16.0 Å². The maximum absolute atomic E-state index is 15.3. The molecular weight excluding hydrogens is 475 g/mol. The molecule has 0 bridgehead atoms. The van der Waals surface area contributed by atoms with Gasteiger partial charge in [-0.05, 0) is 30.4 Å². The molecule has 1 fully saturated rings. The number of amides is 2. The predicted octanol–water partition coefficient (Wildman–Crippen LogP) is 6.10. The van der Waals surface area contributed by atoms with Crippen LogP contribution in [0.1, 0.15) is 51.0 Å². The molecule has 0 spiro atoms. The normalized spacial score (nSPS) is 16.4. The van der Waals surface area contributed by atoms with Gasteiger partial charge >= 0.3 is 0 Å². The molecule has 2 aromatic heterocycles. The van der Waals surface area contributed by atoms with Gasteiger partial charge < -0.3 is 0 Å². The highest BCUT2D eigenvalue weighted by molar-refractivity contribution is 7.14. The fourth-order valence-electron chi connectivity index (χ4n) is 5.48. The highest BCUT2D eigenvalue weighted by Crippen LogP contribution is 2.39. The van der Waals surface area contributed by atoms with Gasteiger partial charge in [-0.15, -0.1) is 0 Å². The SMILES string of the molecule is CC[C@H](CC1CCCC1)C(=O)N(C)c1nc(-c2ccccc2-c2cnc3c(c2)CC(=O)N3C)c(F)s1. The van der Waals surface area contributed by atoms with Crippen LogP contribution in [0.15, 0.2) is 36.5 Å². The van der Waals surface area contributed by atoms with Crippen molar-refractivity contribution < 1.29 is 14.0 Å². The molecule has 1 aliphatic heterocycles. The number of hydrogen-bond acceptors (Lipinski definition) is 5. The summed E-state index contributed by atoms with van der Waals surface area (Å²) in [5, 5.41) is -0.0588. The lowest BCUT2D eigenvalue weighted by molar-refractivity contribution is -0.122. The molecule has 8 heteroatoms. The minimum Gasteiger partial charge on any atom is -0.299 e. The van der Waals surface area contributed by atoms with E-state index in [-0.39, 0.29) is 23.4 Å². The van der Waals surface area contributed by atoms with E-state index in [1.807, 2.05) is 37.3 Å². The van der Waals surface area contributed by atoms with E-state index >= 15 is 4.39 Å². The Hall–Kier alpha value is -3.13. The van der Waals surface area contributed by atoms with Gasteiger partial charge in [0.25, 0.3) is 0 Å². The van der Waals surface area contributed by atoms with Crippen molar-refractivity contribution in [1.82, 2.24) is 9.97 Å². The van der Waals surface area contributed by atoms with Crippen LogP contribution in [0.4, 0.5) is 15.3 Å². The summed E-state index contributed by atoms with van der Waals surface area (Å²) in [6.45, 7) is 2.05. The molecule has 0 saturated heterocycles. The van der Waals surface area contributed by atoms with Gasteiger partial charge in [0.05, 0.1) is 6.42 Å². The van der Waals surface area contributed by atoms with Crippen molar-refractivity contribution in [3.63, 3.8) is 0 Å². The second kappa shape index (κ2) is 10.1. The Balaban J connectivity index is 1.43. The number of hydrogen-bond donors (Lipinski definition) is 0. The fourth-order valence-corrected chi connectivity index (χ4v) is 6.26. The molecular formula is C28H31FN4O2S. The number of likely N-dealkylation sites (N-methyl/N-ethyl adjacent to an activating group) is 1. The first-order valence-corrected chi connectivity index (χ1v) is 13.5. The Kier molecular flexibility index (Phi) is 6.88. The fraction of sp³-hybridized carbons (Fsp3) is 0.429. The average molecular weight is 507 g/mol. The molecule has 0 radical (unpaired) electrons. The third-order valence-electron chi connectivity index (χ3n) is 7.60. The number of fused-ring (bicyclic) bond motifs is 1. The summed E-state index contributed by atoms with van der Waals surface area (Å²) in [6.07, 6.45) is 8.57. The Labute approximate surface area is 215 Å². The minimum absolute atomic E-state index is 0.00383. The molecule has 2 amide bonds. The number of anilines is 2. The summed E-state index contributed by atoms with van der Waals surface area (Å²) in [6, 6.07) is 9.41. The van der Waals surface area contributed by atoms with E-state index in [2.05, 4.69) is 9.97 Å². The lowest BCUT2D eigenvalue weighted by atomic mass is 9.90. The molecule has 1 saturated carbocycles. The van der Waals surface area contributed by atoms with Crippen LogP contribution in [0.25, 0.3) is 22.4 Å². The molecule has 0 unspecified atom stereocenters. The average Bonchev–Trinajstić information content (AvgIpc) is 3.61. The molecule has 5 rings (SSSR count). The number of nitrogens with zero attached hydrogens (tertiary/aromatic N) is 4. The highest BCUT2D eigenvalue weighted by Gasteiger charge is 2.30. The second-order valence-electron chi connectivity index (χ2n) is 9.89. The van der Waals surface area contributed by atoms with E-state index in [4.69, 9.17) is 0 Å². The molecule has 188 valence electrons. The Morgan fingerprint density at radius 1 is 1.25 bits per heavy atom. The minimum atomic E-state index is -0.426. The lowest BCUT2D eigenvalue weighted by Crippen LogP contribution is -2.33. The van der Waals surface area contributed by atoms with E-state index in [0.717, 1.165) is 40.9 Å². The van der Waals surface area contributed by atoms with E-state index in [1.54, 1.807) is 25.2 Å². The first kappa shape index (κ1) is 24.6. The van der Waals surface area contributed by atoms with Crippen molar-refractivity contribution >= 4 is 34.1 Å². The predicted molar refractivity (Wildman–Crippen MR) is 142 cm³/mol. The van der Waals surface area contributed by atoms with Crippen molar-refractivity contribution in [2.75, 3.05) is 23.9 Å². The Morgan fingerprint density at radius 2 is 1.97 bits per heavy atom. The zero-order chi connectivity index (χ0) is 25.4. The number of pyridine rings is 1. The van der Waals surface area contributed by atoms with E-state index in [9.17, 15) is 9.59 Å². The number of halogens is 1. The zero-order valence-corrected chi connectivity index (χ0v) is 21.8. The monoisotopic (exact) mass is 506 g/mol. The summed E-state index contributed by atoms with van der Waals surface area (Å²) in [4.78, 5) is 37.6. The number of rotatable bonds is 7. The van der Waals surface area contributed by atoms with Crippen molar-refractivity contribution in [3.8, 4) is 22.4 Å².